The summed E-state index contributed by atoms with van der Waals surface area (Å²) < 4.78 is 5.14. The van der Waals surface area contributed by atoms with Gasteiger partial charge in [-0.25, -0.2) is 0 Å². The summed E-state index contributed by atoms with van der Waals surface area (Å²) in [6.45, 7) is 2.35. The molecule has 4 nitrogen and oxygen atoms in total. The Morgan fingerprint density at radius 1 is 1.32 bits per heavy atom. The second-order valence-corrected chi connectivity index (χ2v) is 4.22. The van der Waals surface area contributed by atoms with Crippen LogP contribution in [0.1, 0.15) is 21.6 Å². The summed E-state index contributed by atoms with van der Waals surface area (Å²) in [5.41, 5.74) is 2.45. The molecule has 0 bridgehead atoms. The molecule has 1 heterocycles. The number of aromatic nitrogens is 1. The molecule has 0 saturated heterocycles. The van der Waals surface area contributed by atoms with E-state index in [2.05, 4.69) is 10.3 Å². The van der Waals surface area contributed by atoms with Gasteiger partial charge in [-0.15, -0.1) is 0 Å². The highest BCUT2D eigenvalue weighted by molar-refractivity contribution is 5.93. The number of hydrogen-bond acceptors (Lipinski definition) is 3. The molecule has 0 fully saturated rings. The number of ether oxygens (including phenoxy) is 1. The van der Waals surface area contributed by atoms with Gasteiger partial charge < -0.3 is 10.1 Å². The zero-order chi connectivity index (χ0) is 13.7. The summed E-state index contributed by atoms with van der Waals surface area (Å²) in [7, 11) is 1.62. The number of benzene rings is 1. The largest absolute Gasteiger partial charge is 0.497 e. The summed E-state index contributed by atoms with van der Waals surface area (Å²) in [5.74, 6) is 0.652. The van der Waals surface area contributed by atoms with E-state index < -0.39 is 0 Å². The van der Waals surface area contributed by atoms with E-state index in [4.69, 9.17) is 4.74 Å². The molecule has 1 N–H and O–H groups in total. The molecule has 0 radical (unpaired) electrons. The Morgan fingerprint density at radius 3 is 2.84 bits per heavy atom. The summed E-state index contributed by atoms with van der Waals surface area (Å²) >= 11 is 0. The molecular weight excluding hydrogens is 240 g/mol. The Morgan fingerprint density at radius 2 is 2.16 bits per heavy atom. The van der Waals surface area contributed by atoms with Gasteiger partial charge in [0.2, 0.25) is 0 Å². The normalized spacial score (nSPS) is 10.0. The van der Waals surface area contributed by atoms with Crippen molar-refractivity contribution in [1.29, 1.82) is 0 Å². The van der Waals surface area contributed by atoms with Crippen molar-refractivity contribution in [2.45, 2.75) is 13.5 Å². The minimum absolute atomic E-state index is 0.129. The van der Waals surface area contributed by atoms with Crippen LogP contribution in [0.2, 0.25) is 0 Å². The topological polar surface area (TPSA) is 51.2 Å². The highest BCUT2D eigenvalue weighted by Crippen LogP contribution is 2.12. The first-order chi connectivity index (χ1) is 9.19. The molecule has 0 saturated carbocycles. The molecule has 0 aliphatic carbocycles. The van der Waals surface area contributed by atoms with Crippen molar-refractivity contribution >= 4 is 5.91 Å². The SMILES string of the molecule is COc1cccc(CNC(=O)c2ccc(C)nc2)c1. The molecule has 2 rings (SSSR count). The Balaban J connectivity index is 1.98. The van der Waals surface area contributed by atoms with Gasteiger partial charge in [0.1, 0.15) is 5.75 Å². The van der Waals surface area contributed by atoms with E-state index in [1.165, 1.54) is 0 Å². The van der Waals surface area contributed by atoms with Crippen LogP contribution in [0.25, 0.3) is 0 Å². The molecule has 1 amide bonds. The van der Waals surface area contributed by atoms with E-state index in [-0.39, 0.29) is 5.91 Å². The van der Waals surface area contributed by atoms with Crippen molar-refractivity contribution in [2.24, 2.45) is 0 Å². The van der Waals surface area contributed by atoms with Gasteiger partial charge in [-0.1, -0.05) is 12.1 Å². The number of methoxy groups -OCH3 is 1. The first-order valence-corrected chi connectivity index (χ1v) is 6.03. The van der Waals surface area contributed by atoms with E-state index in [0.717, 1.165) is 17.0 Å². The fourth-order valence-corrected chi connectivity index (χ4v) is 1.67. The Bertz CT molecular complexity index is 565. The van der Waals surface area contributed by atoms with E-state index in [0.29, 0.717) is 12.1 Å². The molecule has 0 spiro atoms. The molecule has 0 atom stereocenters. The second-order valence-electron chi connectivity index (χ2n) is 4.22. The van der Waals surface area contributed by atoms with E-state index >= 15 is 0 Å². The monoisotopic (exact) mass is 256 g/mol. The third-order valence-corrected chi connectivity index (χ3v) is 2.76. The maximum absolute atomic E-state index is 11.9. The number of amides is 1. The fourth-order valence-electron chi connectivity index (χ4n) is 1.67. The molecule has 1 aromatic carbocycles. The predicted molar refractivity (Wildman–Crippen MR) is 73.1 cm³/mol. The molecule has 98 valence electrons. The summed E-state index contributed by atoms with van der Waals surface area (Å²) in [5, 5.41) is 2.85. The van der Waals surface area contributed by atoms with Crippen molar-refractivity contribution in [3.63, 3.8) is 0 Å². The second kappa shape index (κ2) is 6.00. The molecule has 0 aliphatic rings. The van der Waals surface area contributed by atoms with Crippen molar-refractivity contribution < 1.29 is 9.53 Å². The summed E-state index contributed by atoms with van der Waals surface area (Å²) in [4.78, 5) is 16.0. The van der Waals surface area contributed by atoms with Crippen LogP contribution in [-0.4, -0.2) is 18.0 Å². The van der Waals surface area contributed by atoms with Crippen molar-refractivity contribution in [2.75, 3.05) is 7.11 Å². The van der Waals surface area contributed by atoms with Crippen LogP contribution >= 0.6 is 0 Å². The number of rotatable bonds is 4. The molecule has 19 heavy (non-hydrogen) atoms. The molecule has 1 aromatic heterocycles. The number of aryl methyl sites for hydroxylation is 1. The lowest BCUT2D eigenvalue weighted by Gasteiger charge is -2.07. The van der Waals surface area contributed by atoms with Crippen molar-refractivity contribution in [1.82, 2.24) is 10.3 Å². The van der Waals surface area contributed by atoms with Gasteiger partial charge in [0.25, 0.3) is 5.91 Å². The number of nitrogens with zero attached hydrogens (tertiary/aromatic N) is 1. The van der Waals surface area contributed by atoms with Crippen molar-refractivity contribution in [3.05, 3.63) is 59.4 Å². The number of nitrogens with one attached hydrogen (secondary N) is 1. The Hall–Kier alpha value is -2.36. The third kappa shape index (κ3) is 3.55. The number of carbonyl (C=O) groups is 1. The minimum atomic E-state index is -0.129. The average molecular weight is 256 g/mol. The Labute approximate surface area is 112 Å². The van der Waals surface area contributed by atoms with Gasteiger partial charge >= 0.3 is 0 Å². The number of hydrogen-bond donors (Lipinski definition) is 1. The average Bonchev–Trinajstić information content (AvgIpc) is 2.46. The van der Waals surface area contributed by atoms with Gasteiger partial charge in [-0.3, -0.25) is 9.78 Å². The smallest absolute Gasteiger partial charge is 0.253 e. The third-order valence-electron chi connectivity index (χ3n) is 2.76. The van der Waals surface area contributed by atoms with Crippen molar-refractivity contribution in [3.8, 4) is 5.75 Å². The fraction of sp³-hybridized carbons (Fsp3) is 0.200. The predicted octanol–water partition coefficient (Wildman–Crippen LogP) is 2.33. The van der Waals surface area contributed by atoms with E-state index in [1.54, 1.807) is 19.4 Å². The van der Waals surface area contributed by atoms with Crippen LogP contribution in [0, 0.1) is 6.92 Å². The minimum Gasteiger partial charge on any atom is -0.497 e. The van der Waals surface area contributed by atoms with E-state index in [1.807, 2.05) is 37.3 Å². The van der Waals surface area contributed by atoms with Gasteiger partial charge in [0.05, 0.1) is 12.7 Å². The molecule has 2 aromatic rings. The van der Waals surface area contributed by atoms with Crippen LogP contribution in [0.15, 0.2) is 42.6 Å². The van der Waals surface area contributed by atoms with Crippen LogP contribution in [-0.2, 0) is 6.54 Å². The van der Waals surface area contributed by atoms with Crippen LogP contribution in [0.4, 0.5) is 0 Å². The van der Waals surface area contributed by atoms with Crippen LogP contribution in [0.5, 0.6) is 5.75 Å². The molecule has 4 heteroatoms. The summed E-state index contributed by atoms with van der Waals surface area (Å²) in [6, 6.07) is 11.2. The molecule has 0 unspecified atom stereocenters. The van der Waals surface area contributed by atoms with Crippen LogP contribution in [0.3, 0.4) is 0 Å². The molecule has 0 aliphatic heterocycles. The zero-order valence-electron chi connectivity index (χ0n) is 11.0. The zero-order valence-corrected chi connectivity index (χ0v) is 11.0. The van der Waals surface area contributed by atoms with Gasteiger partial charge in [-0.05, 0) is 36.8 Å². The van der Waals surface area contributed by atoms with Crippen LogP contribution < -0.4 is 10.1 Å². The van der Waals surface area contributed by atoms with E-state index in [9.17, 15) is 4.79 Å². The maximum Gasteiger partial charge on any atom is 0.253 e. The Kier molecular flexibility index (Phi) is 4.13. The highest BCUT2D eigenvalue weighted by Gasteiger charge is 2.05. The summed E-state index contributed by atoms with van der Waals surface area (Å²) in [6.07, 6.45) is 1.58. The lowest BCUT2D eigenvalue weighted by Crippen LogP contribution is -2.22. The van der Waals surface area contributed by atoms with Gasteiger partial charge in [0, 0.05) is 18.4 Å². The first kappa shape index (κ1) is 13.1. The number of pyridine rings is 1. The van der Waals surface area contributed by atoms with Gasteiger partial charge in [0.15, 0.2) is 0 Å². The lowest BCUT2D eigenvalue weighted by atomic mass is 10.2. The molecular formula is C15H16N2O2. The number of carbonyl (C=O) groups excluding carboxylic acids is 1. The lowest BCUT2D eigenvalue weighted by molar-refractivity contribution is 0.0950. The highest BCUT2D eigenvalue weighted by atomic mass is 16.5. The standard InChI is InChI=1S/C15H16N2O2/c1-11-6-7-13(10-16-11)15(18)17-9-12-4-3-5-14(8-12)19-2/h3-8,10H,9H2,1-2H3,(H,17,18). The maximum atomic E-state index is 11.9. The quantitative estimate of drug-likeness (QED) is 0.913. The van der Waals surface area contributed by atoms with Gasteiger partial charge in [-0.2, -0.15) is 0 Å². The first-order valence-electron chi connectivity index (χ1n) is 6.03.